The third kappa shape index (κ3) is 9.77. The second-order valence-corrected chi connectivity index (χ2v) is 5.64. The van der Waals surface area contributed by atoms with Crippen molar-refractivity contribution in [1.82, 2.24) is 13.7 Å². The monoisotopic (exact) mass is 433 g/mol. The number of aromatic nitrogens is 3. The van der Waals surface area contributed by atoms with E-state index in [0.717, 1.165) is 0 Å². The average Bonchev–Trinajstić information content (AvgIpc) is 2.66. The summed E-state index contributed by atoms with van der Waals surface area (Å²) in [5.74, 6) is -1.87. The second kappa shape index (κ2) is 14.7. The first kappa shape index (κ1) is 28.9. The van der Waals surface area contributed by atoms with Crippen molar-refractivity contribution in [2.75, 3.05) is 19.8 Å². The van der Waals surface area contributed by atoms with Gasteiger partial charge in [0.15, 0.2) is 0 Å². The van der Waals surface area contributed by atoms with Gasteiger partial charge in [-0.15, -0.1) is 0 Å². The van der Waals surface area contributed by atoms with E-state index in [4.69, 9.17) is 25.5 Å². The van der Waals surface area contributed by atoms with Crippen molar-refractivity contribution in [2.45, 2.75) is 33.5 Å². The van der Waals surface area contributed by atoms with E-state index < -0.39 is 48.8 Å². The van der Waals surface area contributed by atoms with Gasteiger partial charge < -0.3 is 25.5 Å². The van der Waals surface area contributed by atoms with Gasteiger partial charge in [-0.05, 0) is 13.8 Å². The summed E-state index contributed by atoms with van der Waals surface area (Å²) in [6.45, 7) is 7.12. The largest absolute Gasteiger partial charge is 0.478 e. The van der Waals surface area contributed by atoms with Crippen LogP contribution in [0, 0.1) is 0 Å². The summed E-state index contributed by atoms with van der Waals surface area (Å²) in [5.41, 5.74) is -2.31. The molecule has 0 radical (unpaired) electrons. The zero-order chi connectivity index (χ0) is 24.0. The lowest BCUT2D eigenvalue weighted by molar-refractivity contribution is -0.133. The van der Waals surface area contributed by atoms with E-state index in [-0.39, 0.29) is 30.8 Å². The molecule has 13 nitrogen and oxygen atoms in total. The van der Waals surface area contributed by atoms with Crippen molar-refractivity contribution in [3.63, 3.8) is 0 Å². The van der Waals surface area contributed by atoms with Crippen LogP contribution in [0.15, 0.2) is 38.7 Å². The smallest absolute Gasteiger partial charge is 0.336 e. The van der Waals surface area contributed by atoms with Gasteiger partial charge in [-0.25, -0.2) is 37.7 Å². The van der Waals surface area contributed by atoms with Gasteiger partial charge in [-0.3, -0.25) is 0 Å². The number of aliphatic carboxylic acids is 2. The number of carbonyl (C=O) groups is 2. The summed E-state index contributed by atoms with van der Waals surface area (Å²) < 4.78 is 2.06. The zero-order valence-electron chi connectivity index (χ0n) is 16.8. The second-order valence-electron chi connectivity index (χ2n) is 5.64. The van der Waals surface area contributed by atoms with Crippen molar-refractivity contribution in [3.8, 4) is 0 Å². The Kier molecular flexibility index (Phi) is 14.1. The molecule has 13 heteroatoms. The van der Waals surface area contributed by atoms with Gasteiger partial charge in [0.25, 0.3) is 0 Å². The van der Waals surface area contributed by atoms with E-state index in [1.165, 1.54) is 13.8 Å². The molecule has 170 valence electrons. The highest BCUT2D eigenvalue weighted by molar-refractivity contribution is 5.85. The van der Waals surface area contributed by atoms with Gasteiger partial charge in [0.1, 0.15) is 0 Å². The highest BCUT2D eigenvalue weighted by Crippen LogP contribution is 1.81. The van der Waals surface area contributed by atoms with E-state index in [1.807, 2.05) is 0 Å². The molecule has 0 bridgehead atoms. The van der Waals surface area contributed by atoms with Crippen molar-refractivity contribution < 1.29 is 35.1 Å². The van der Waals surface area contributed by atoms with Gasteiger partial charge in [-0.1, -0.05) is 13.2 Å². The lowest BCUT2D eigenvalue weighted by atomic mass is 10.4. The van der Waals surface area contributed by atoms with E-state index in [9.17, 15) is 24.0 Å². The molecule has 5 N–H and O–H groups in total. The lowest BCUT2D eigenvalue weighted by Crippen LogP contribution is -2.55. The molecule has 1 aromatic rings. The van der Waals surface area contributed by atoms with Crippen LogP contribution in [0.5, 0.6) is 0 Å². The maximum absolute atomic E-state index is 11.8. The minimum Gasteiger partial charge on any atom is -0.478 e. The molecule has 1 rings (SSSR count). The highest BCUT2D eigenvalue weighted by Gasteiger charge is 2.14. The Hall–Kier alpha value is -3.29. The van der Waals surface area contributed by atoms with Gasteiger partial charge in [0.2, 0.25) is 0 Å². The summed E-state index contributed by atoms with van der Waals surface area (Å²) in [6, 6.07) is 0. The van der Waals surface area contributed by atoms with Crippen LogP contribution in [0.4, 0.5) is 0 Å². The molecule has 0 saturated heterocycles. The molecule has 0 atom stereocenters. The molecule has 1 heterocycles. The fraction of sp³-hybridized carbons (Fsp3) is 0.471. The third-order valence-electron chi connectivity index (χ3n) is 3.09. The molecular weight excluding hydrogens is 406 g/mol. The number of rotatable bonds is 8. The van der Waals surface area contributed by atoms with Crippen LogP contribution in [-0.2, 0) is 29.2 Å². The average molecular weight is 433 g/mol. The maximum atomic E-state index is 11.8. The van der Waals surface area contributed by atoms with Crippen LogP contribution in [0.3, 0.4) is 0 Å². The molecular formula is C17H27N3O10. The summed E-state index contributed by atoms with van der Waals surface area (Å²) in [6.07, 6.45) is 0. The molecule has 0 aliphatic rings. The van der Waals surface area contributed by atoms with E-state index in [0.29, 0.717) is 13.7 Å². The van der Waals surface area contributed by atoms with Crippen molar-refractivity contribution in [3.05, 3.63) is 55.8 Å². The molecule has 0 spiro atoms. The highest BCUT2D eigenvalue weighted by atomic mass is 16.4. The molecule has 0 saturated carbocycles. The van der Waals surface area contributed by atoms with Crippen LogP contribution in [0.2, 0.25) is 0 Å². The third-order valence-corrected chi connectivity index (χ3v) is 3.09. The van der Waals surface area contributed by atoms with Crippen LogP contribution >= 0.6 is 0 Å². The van der Waals surface area contributed by atoms with E-state index in [2.05, 4.69) is 13.2 Å². The number of aliphatic hydroxyl groups excluding tert-OH is 3. The Balaban J connectivity index is 0. The Morgan fingerprint density at radius 1 is 0.667 bits per heavy atom. The minimum absolute atomic E-state index is 0.176. The molecule has 30 heavy (non-hydrogen) atoms. The SMILES string of the molecule is C=C(C)C(=O)O.C=C(C)C(=O)O.O=c1n(CCO)c(=O)n(CCO)c(=O)n1CCO. The van der Waals surface area contributed by atoms with Crippen LogP contribution < -0.4 is 17.1 Å². The van der Waals surface area contributed by atoms with Crippen LogP contribution in [-0.4, -0.2) is 71.0 Å². The standard InChI is InChI=1S/C9H15N3O6.2C4H6O2/c13-4-1-10-7(16)11(2-5-14)9(18)12(3-6-15)8(10)17;2*1-3(2)4(5)6/h13-15H,1-6H2;2*1H2,2H3,(H,5,6). The van der Waals surface area contributed by atoms with Gasteiger partial charge in [-0.2, -0.15) is 0 Å². The van der Waals surface area contributed by atoms with Crippen molar-refractivity contribution in [1.29, 1.82) is 0 Å². The molecule has 0 unspecified atom stereocenters. The quantitative estimate of drug-likeness (QED) is 0.271. The minimum atomic E-state index is -0.935. The maximum Gasteiger partial charge on any atom is 0.336 e. The predicted octanol–water partition coefficient (Wildman–Crippen LogP) is -2.56. The number of aliphatic hydroxyl groups is 3. The number of carboxylic acid groups (broad SMARTS) is 2. The Bertz CT molecular complexity index is 764. The number of nitrogens with zero attached hydrogens (tertiary/aromatic N) is 3. The first-order chi connectivity index (χ1) is 13.9. The zero-order valence-corrected chi connectivity index (χ0v) is 16.8. The Morgan fingerprint density at radius 3 is 0.933 bits per heavy atom. The molecule has 0 amide bonds. The molecule has 0 aliphatic heterocycles. The molecule has 0 aliphatic carbocycles. The topological polar surface area (TPSA) is 201 Å². The molecule has 1 aromatic heterocycles. The van der Waals surface area contributed by atoms with Gasteiger partial charge in [0, 0.05) is 11.1 Å². The first-order valence-corrected chi connectivity index (χ1v) is 8.41. The van der Waals surface area contributed by atoms with Gasteiger partial charge in [0.05, 0.1) is 39.5 Å². The van der Waals surface area contributed by atoms with Crippen LogP contribution in [0.1, 0.15) is 13.8 Å². The van der Waals surface area contributed by atoms with Crippen molar-refractivity contribution in [2.24, 2.45) is 0 Å². The summed E-state index contributed by atoms with van der Waals surface area (Å²) in [5, 5.41) is 42.1. The Labute approximate surface area is 170 Å². The van der Waals surface area contributed by atoms with Gasteiger partial charge >= 0.3 is 29.0 Å². The Morgan fingerprint density at radius 2 is 0.833 bits per heavy atom. The number of hydrogen-bond acceptors (Lipinski definition) is 8. The summed E-state index contributed by atoms with van der Waals surface area (Å²) >= 11 is 0. The molecule has 0 fully saturated rings. The van der Waals surface area contributed by atoms with E-state index >= 15 is 0 Å². The lowest BCUT2D eigenvalue weighted by Gasteiger charge is -2.11. The first-order valence-electron chi connectivity index (χ1n) is 8.41. The normalized spacial score (nSPS) is 9.50. The summed E-state index contributed by atoms with van der Waals surface area (Å²) in [7, 11) is 0. The fourth-order valence-electron chi connectivity index (χ4n) is 1.56. The van der Waals surface area contributed by atoms with E-state index in [1.54, 1.807) is 0 Å². The predicted molar refractivity (Wildman–Crippen MR) is 105 cm³/mol. The molecule has 0 aromatic carbocycles. The van der Waals surface area contributed by atoms with Crippen LogP contribution in [0.25, 0.3) is 0 Å². The number of hydrogen-bond donors (Lipinski definition) is 5. The van der Waals surface area contributed by atoms with Crippen molar-refractivity contribution >= 4 is 11.9 Å². The summed E-state index contributed by atoms with van der Waals surface area (Å²) in [4.78, 5) is 54.5. The number of carboxylic acids is 2. The fourth-order valence-corrected chi connectivity index (χ4v) is 1.56.